The summed E-state index contributed by atoms with van der Waals surface area (Å²) in [5.74, 6) is -0.290. The molecule has 1 N–H and O–H groups in total. The molecule has 26 heavy (non-hydrogen) atoms. The van der Waals surface area contributed by atoms with Gasteiger partial charge in [0.2, 0.25) is 15.9 Å². The third-order valence-electron chi connectivity index (χ3n) is 3.99. The van der Waals surface area contributed by atoms with Crippen molar-refractivity contribution in [3.63, 3.8) is 0 Å². The number of rotatable bonds is 7. The largest absolute Gasteiger partial charge is 0.352 e. The molecule has 0 bridgehead atoms. The van der Waals surface area contributed by atoms with E-state index in [1.165, 1.54) is 16.4 Å². The third kappa shape index (κ3) is 5.07. The topological polar surface area (TPSA) is 66.5 Å². The monoisotopic (exact) mass is 456 g/mol. The molecule has 0 unspecified atom stereocenters. The summed E-state index contributed by atoms with van der Waals surface area (Å²) < 4.78 is 28.1. The molecule has 0 radical (unpaired) electrons. The van der Waals surface area contributed by atoms with Gasteiger partial charge in [-0.25, -0.2) is 8.42 Å². The van der Waals surface area contributed by atoms with Crippen molar-refractivity contribution in [3.8, 4) is 0 Å². The van der Waals surface area contributed by atoms with E-state index in [4.69, 9.17) is 11.6 Å². The maximum atomic E-state index is 13.1. The standard InChI is InChI=1S/C18H18BrClN2O3S/c19-14-3-9-17(10-4-14)26(24,25)22(12-18(23)21-16-7-8-16)11-13-1-5-15(20)6-2-13/h1-6,9-10,16H,7-8,11-12H2,(H,21,23). The maximum Gasteiger partial charge on any atom is 0.243 e. The zero-order valence-electron chi connectivity index (χ0n) is 13.9. The fourth-order valence-corrected chi connectivity index (χ4v) is 4.21. The van der Waals surface area contributed by atoms with E-state index >= 15 is 0 Å². The van der Waals surface area contributed by atoms with Crippen molar-refractivity contribution in [2.45, 2.75) is 30.3 Å². The Labute approximate surface area is 166 Å². The number of nitrogens with one attached hydrogen (secondary N) is 1. The van der Waals surface area contributed by atoms with Gasteiger partial charge in [0.25, 0.3) is 0 Å². The normalized spacial score (nSPS) is 14.4. The molecule has 0 heterocycles. The van der Waals surface area contributed by atoms with Crippen LogP contribution in [0.3, 0.4) is 0 Å². The van der Waals surface area contributed by atoms with Crippen LogP contribution in [-0.2, 0) is 21.4 Å². The molecule has 0 saturated heterocycles. The number of nitrogens with zero attached hydrogens (tertiary/aromatic N) is 1. The molecule has 0 aliphatic heterocycles. The molecule has 1 fully saturated rings. The first-order valence-corrected chi connectivity index (χ1v) is 10.8. The highest BCUT2D eigenvalue weighted by Crippen LogP contribution is 2.22. The molecule has 138 valence electrons. The summed E-state index contributed by atoms with van der Waals surface area (Å²) in [4.78, 5) is 12.4. The lowest BCUT2D eigenvalue weighted by Gasteiger charge is -2.22. The Morgan fingerprint density at radius 1 is 1.12 bits per heavy atom. The van der Waals surface area contributed by atoms with Crippen molar-refractivity contribution in [1.29, 1.82) is 0 Å². The second-order valence-corrected chi connectivity index (χ2v) is 9.49. The van der Waals surface area contributed by atoms with Crippen LogP contribution in [0.25, 0.3) is 0 Å². The van der Waals surface area contributed by atoms with E-state index in [0.717, 1.165) is 22.9 Å². The van der Waals surface area contributed by atoms with Crippen LogP contribution >= 0.6 is 27.5 Å². The molecule has 5 nitrogen and oxygen atoms in total. The number of hydrogen-bond donors (Lipinski definition) is 1. The summed E-state index contributed by atoms with van der Waals surface area (Å²) in [6.45, 7) is -0.134. The van der Waals surface area contributed by atoms with Crippen molar-refractivity contribution in [2.75, 3.05) is 6.54 Å². The van der Waals surface area contributed by atoms with E-state index < -0.39 is 10.0 Å². The second kappa shape index (κ2) is 8.08. The molecule has 0 atom stereocenters. The van der Waals surface area contributed by atoms with Gasteiger partial charge in [-0.15, -0.1) is 0 Å². The Hall–Kier alpha value is -1.41. The van der Waals surface area contributed by atoms with Gasteiger partial charge in [-0.2, -0.15) is 4.31 Å². The predicted octanol–water partition coefficient (Wildman–Crippen LogP) is 3.57. The maximum absolute atomic E-state index is 13.1. The van der Waals surface area contributed by atoms with Gasteiger partial charge < -0.3 is 5.32 Å². The lowest BCUT2D eigenvalue weighted by atomic mass is 10.2. The smallest absolute Gasteiger partial charge is 0.243 e. The van der Waals surface area contributed by atoms with Gasteiger partial charge in [0.15, 0.2) is 0 Å². The summed E-state index contributed by atoms with van der Waals surface area (Å²) in [7, 11) is -3.82. The molecular formula is C18H18BrClN2O3S. The van der Waals surface area contributed by atoms with Gasteiger partial charge >= 0.3 is 0 Å². The van der Waals surface area contributed by atoms with Crippen molar-refractivity contribution >= 4 is 43.5 Å². The van der Waals surface area contributed by atoms with Crippen LogP contribution in [0, 0.1) is 0 Å². The lowest BCUT2D eigenvalue weighted by molar-refractivity contribution is -0.121. The molecule has 0 spiro atoms. The lowest BCUT2D eigenvalue weighted by Crippen LogP contribution is -2.41. The van der Waals surface area contributed by atoms with E-state index in [0.29, 0.717) is 5.02 Å². The minimum absolute atomic E-state index is 0.0909. The van der Waals surface area contributed by atoms with Crippen LogP contribution in [-0.4, -0.2) is 31.2 Å². The van der Waals surface area contributed by atoms with E-state index in [1.54, 1.807) is 36.4 Å². The van der Waals surface area contributed by atoms with E-state index in [-0.39, 0.29) is 29.9 Å². The van der Waals surface area contributed by atoms with Crippen LogP contribution in [0.1, 0.15) is 18.4 Å². The van der Waals surface area contributed by atoms with Crippen molar-refractivity contribution in [3.05, 3.63) is 63.6 Å². The average molecular weight is 458 g/mol. The Morgan fingerprint density at radius 2 is 1.73 bits per heavy atom. The summed E-state index contributed by atoms with van der Waals surface area (Å²) in [5.41, 5.74) is 0.759. The molecule has 2 aromatic carbocycles. The van der Waals surface area contributed by atoms with Gasteiger partial charge in [-0.1, -0.05) is 39.7 Å². The second-order valence-electron chi connectivity index (χ2n) is 6.20. The Balaban J connectivity index is 1.85. The fraction of sp³-hybridized carbons (Fsp3) is 0.278. The Morgan fingerprint density at radius 3 is 2.31 bits per heavy atom. The molecule has 1 aliphatic carbocycles. The highest BCUT2D eigenvalue weighted by molar-refractivity contribution is 9.10. The van der Waals surface area contributed by atoms with Crippen LogP contribution in [0.2, 0.25) is 5.02 Å². The molecule has 1 saturated carbocycles. The third-order valence-corrected chi connectivity index (χ3v) is 6.57. The van der Waals surface area contributed by atoms with Crippen LogP contribution in [0.15, 0.2) is 57.9 Å². The number of carbonyl (C=O) groups excluding carboxylic acids is 1. The zero-order chi connectivity index (χ0) is 18.7. The van der Waals surface area contributed by atoms with E-state index in [9.17, 15) is 13.2 Å². The summed E-state index contributed by atoms with van der Waals surface area (Å²) >= 11 is 9.20. The van der Waals surface area contributed by atoms with Crippen LogP contribution < -0.4 is 5.32 Å². The molecule has 3 rings (SSSR count). The van der Waals surface area contributed by atoms with E-state index in [1.807, 2.05) is 0 Å². The Kier molecular flexibility index (Phi) is 6.02. The number of benzene rings is 2. The quantitative estimate of drug-likeness (QED) is 0.691. The predicted molar refractivity (Wildman–Crippen MR) is 104 cm³/mol. The highest BCUT2D eigenvalue weighted by Gasteiger charge is 2.29. The van der Waals surface area contributed by atoms with Crippen LogP contribution in [0.5, 0.6) is 0 Å². The van der Waals surface area contributed by atoms with Gasteiger partial charge in [0.05, 0.1) is 11.4 Å². The van der Waals surface area contributed by atoms with Crippen molar-refractivity contribution < 1.29 is 13.2 Å². The SMILES string of the molecule is O=C(CN(Cc1ccc(Cl)cc1)S(=O)(=O)c1ccc(Br)cc1)NC1CC1. The molecule has 8 heteroatoms. The molecule has 2 aromatic rings. The Bertz CT molecular complexity index is 882. The first-order chi connectivity index (χ1) is 12.3. The number of carbonyl (C=O) groups is 1. The molecule has 1 aliphatic rings. The highest BCUT2D eigenvalue weighted by atomic mass is 79.9. The first kappa shape index (κ1) is 19.4. The van der Waals surface area contributed by atoms with Crippen molar-refractivity contribution in [1.82, 2.24) is 9.62 Å². The molecular weight excluding hydrogens is 440 g/mol. The first-order valence-electron chi connectivity index (χ1n) is 8.14. The van der Waals surface area contributed by atoms with Gasteiger partial charge in [-0.3, -0.25) is 4.79 Å². The fourth-order valence-electron chi connectivity index (χ4n) is 2.44. The zero-order valence-corrected chi connectivity index (χ0v) is 17.0. The van der Waals surface area contributed by atoms with Crippen molar-refractivity contribution in [2.24, 2.45) is 0 Å². The molecule has 1 amide bonds. The summed E-state index contributed by atoms with van der Waals surface area (Å²) in [6.07, 6.45) is 1.89. The number of hydrogen-bond acceptors (Lipinski definition) is 3. The minimum Gasteiger partial charge on any atom is -0.352 e. The average Bonchev–Trinajstić information content (AvgIpc) is 3.40. The van der Waals surface area contributed by atoms with Gasteiger partial charge in [0, 0.05) is 22.1 Å². The number of sulfonamides is 1. The van der Waals surface area contributed by atoms with Crippen LogP contribution in [0.4, 0.5) is 0 Å². The number of amides is 1. The summed E-state index contributed by atoms with van der Waals surface area (Å²) in [6, 6.07) is 13.5. The minimum atomic E-state index is -3.82. The van der Waals surface area contributed by atoms with E-state index in [2.05, 4.69) is 21.2 Å². The number of halogens is 2. The van der Waals surface area contributed by atoms with Gasteiger partial charge in [-0.05, 0) is 54.8 Å². The summed E-state index contributed by atoms with van der Waals surface area (Å²) in [5, 5.41) is 3.41. The molecule has 0 aromatic heterocycles. The van der Waals surface area contributed by atoms with Gasteiger partial charge in [0.1, 0.15) is 0 Å².